The van der Waals surface area contributed by atoms with Crippen LogP contribution in [-0.2, 0) is 6.54 Å². The third-order valence-electron chi connectivity index (χ3n) is 3.47. The largest absolute Gasteiger partial charge is 0.313 e. The predicted octanol–water partition coefficient (Wildman–Crippen LogP) is 3.94. The lowest BCUT2D eigenvalue weighted by molar-refractivity contribution is 0.529. The van der Waals surface area contributed by atoms with Crippen LogP contribution in [0.25, 0.3) is 11.1 Å². The first-order valence-corrected chi connectivity index (χ1v) is 7.47. The van der Waals surface area contributed by atoms with Gasteiger partial charge in [-0.3, -0.25) is 4.68 Å². The van der Waals surface area contributed by atoms with E-state index in [-0.39, 0.29) is 0 Å². The van der Waals surface area contributed by atoms with Gasteiger partial charge in [0.05, 0.1) is 5.69 Å². The third kappa shape index (κ3) is 3.48. The number of rotatable bonds is 6. The molecule has 0 aliphatic rings. The Balaban J connectivity index is 2.13. The van der Waals surface area contributed by atoms with Crippen molar-refractivity contribution in [2.75, 3.05) is 6.54 Å². The lowest BCUT2D eigenvalue weighted by Gasteiger charge is -2.05. The van der Waals surface area contributed by atoms with Gasteiger partial charge in [0.1, 0.15) is 0 Å². The topological polar surface area (TPSA) is 29.9 Å². The highest BCUT2D eigenvalue weighted by atomic mass is 15.3. The van der Waals surface area contributed by atoms with E-state index in [1.54, 1.807) is 0 Å². The second-order valence-electron chi connectivity index (χ2n) is 5.58. The number of benzene rings is 1. The van der Waals surface area contributed by atoms with E-state index in [0.29, 0.717) is 6.04 Å². The quantitative estimate of drug-likeness (QED) is 0.806. The van der Waals surface area contributed by atoms with E-state index in [2.05, 4.69) is 68.6 Å². The minimum Gasteiger partial charge on any atom is -0.313 e. The van der Waals surface area contributed by atoms with Crippen LogP contribution in [0.5, 0.6) is 0 Å². The molecule has 0 amide bonds. The fourth-order valence-corrected chi connectivity index (χ4v) is 2.24. The summed E-state index contributed by atoms with van der Waals surface area (Å²) in [6.45, 7) is 10.6. The van der Waals surface area contributed by atoms with Gasteiger partial charge >= 0.3 is 0 Å². The summed E-state index contributed by atoms with van der Waals surface area (Å²) in [4.78, 5) is 0. The zero-order chi connectivity index (χ0) is 14.5. The summed E-state index contributed by atoms with van der Waals surface area (Å²) in [5, 5.41) is 8.00. The average Bonchev–Trinajstić information content (AvgIpc) is 2.82. The molecule has 1 heterocycles. The Morgan fingerprint density at radius 1 is 1.20 bits per heavy atom. The van der Waals surface area contributed by atoms with Crippen LogP contribution in [0.4, 0.5) is 0 Å². The van der Waals surface area contributed by atoms with Gasteiger partial charge in [-0.25, -0.2) is 0 Å². The number of aryl methyl sites for hydroxylation is 1. The zero-order valence-corrected chi connectivity index (χ0v) is 13.0. The molecular formula is C17H25N3. The third-order valence-corrected chi connectivity index (χ3v) is 3.47. The molecule has 108 valence electrons. The van der Waals surface area contributed by atoms with Gasteiger partial charge in [-0.2, -0.15) is 5.10 Å². The Hall–Kier alpha value is -1.61. The molecule has 0 aliphatic heterocycles. The highest BCUT2D eigenvalue weighted by Crippen LogP contribution is 2.24. The van der Waals surface area contributed by atoms with Gasteiger partial charge in [0.15, 0.2) is 0 Å². The van der Waals surface area contributed by atoms with Crippen LogP contribution >= 0.6 is 0 Å². The van der Waals surface area contributed by atoms with Crippen LogP contribution in [0.3, 0.4) is 0 Å². The summed E-state index contributed by atoms with van der Waals surface area (Å²) in [5.74, 6) is 0. The van der Waals surface area contributed by atoms with E-state index in [1.165, 1.54) is 23.1 Å². The SMILES string of the molecule is CCCNCc1ccc(-c2cn(C(C)C)nc2C)cc1. The molecule has 2 aromatic rings. The molecule has 3 nitrogen and oxygen atoms in total. The molecule has 20 heavy (non-hydrogen) atoms. The van der Waals surface area contributed by atoms with Crippen molar-refractivity contribution < 1.29 is 0 Å². The number of hydrogen-bond donors (Lipinski definition) is 1. The predicted molar refractivity (Wildman–Crippen MR) is 84.8 cm³/mol. The van der Waals surface area contributed by atoms with Crippen LogP contribution in [0, 0.1) is 6.92 Å². The fourth-order valence-electron chi connectivity index (χ4n) is 2.24. The molecule has 0 saturated carbocycles. The summed E-state index contributed by atoms with van der Waals surface area (Å²) in [7, 11) is 0. The van der Waals surface area contributed by atoms with Crippen molar-refractivity contribution in [3.63, 3.8) is 0 Å². The molecule has 0 aliphatic carbocycles. The van der Waals surface area contributed by atoms with Gasteiger partial charge in [0.2, 0.25) is 0 Å². The molecule has 0 fully saturated rings. The van der Waals surface area contributed by atoms with Gasteiger partial charge in [-0.15, -0.1) is 0 Å². The van der Waals surface area contributed by atoms with Crippen LogP contribution in [0.1, 0.15) is 44.5 Å². The van der Waals surface area contributed by atoms with Crippen molar-refractivity contribution in [2.24, 2.45) is 0 Å². The van der Waals surface area contributed by atoms with Gasteiger partial charge in [-0.05, 0) is 44.9 Å². The van der Waals surface area contributed by atoms with E-state index < -0.39 is 0 Å². The minimum atomic E-state index is 0.403. The normalized spacial score (nSPS) is 11.2. The maximum atomic E-state index is 4.57. The first-order valence-electron chi connectivity index (χ1n) is 7.47. The van der Waals surface area contributed by atoms with Crippen LogP contribution in [0.2, 0.25) is 0 Å². The fraction of sp³-hybridized carbons (Fsp3) is 0.471. The maximum Gasteiger partial charge on any atom is 0.0672 e. The van der Waals surface area contributed by atoms with E-state index in [1.807, 2.05) is 4.68 Å². The molecule has 0 spiro atoms. The molecule has 3 heteroatoms. The molecule has 0 saturated heterocycles. The minimum absolute atomic E-state index is 0.403. The van der Waals surface area contributed by atoms with Crippen molar-refractivity contribution in [3.8, 4) is 11.1 Å². The summed E-state index contributed by atoms with van der Waals surface area (Å²) < 4.78 is 2.03. The smallest absolute Gasteiger partial charge is 0.0672 e. The molecule has 1 N–H and O–H groups in total. The summed E-state index contributed by atoms with van der Waals surface area (Å²) in [6.07, 6.45) is 3.32. The van der Waals surface area contributed by atoms with Gasteiger partial charge < -0.3 is 5.32 Å². The summed E-state index contributed by atoms with van der Waals surface area (Å²) >= 11 is 0. The van der Waals surface area contributed by atoms with E-state index >= 15 is 0 Å². The summed E-state index contributed by atoms with van der Waals surface area (Å²) in [5.41, 5.74) is 4.90. The number of nitrogens with zero attached hydrogens (tertiary/aromatic N) is 2. The zero-order valence-electron chi connectivity index (χ0n) is 13.0. The lowest BCUT2D eigenvalue weighted by Crippen LogP contribution is -2.13. The standard InChI is InChI=1S/C17H25N3/c1-5-10-18-11-15-6-8-16(9-7-15)17-12-20(13(2)3)19-14(17)4/h6-9,12-13,18H,5,10-11H2,1-4H3. The second-order valence-corrected chi connectivity index (χ2v) is 5.58. The molecule has 0 radical (unpaired) electrons. The molecule has 0 bridgehead atoms. The molecule has 1 aromatic carbocycles. The molecule has 0 unspecified atom stereocenters. The van der Waals surface area contributed by atoms with E-state index in [0.717, 1.165) is 18.8 Å². The summed E-state index contributed by atoms with van der Waals surface area (Å²) in [6, 6.07) is 9.18. The van der Waals surface area contributed by atoms with Crippen molar-refractivity contribution in [1.29, 1.82) is 0 Å². The van der Waals surface area contributed by atoms with Crippen molar-refractivity contribution in [2.45, 2.75) is 46.7 Å². The molecule has 0 atom stereocenters. The van der Waals surface area contributed by atoms with Crippen LogP contribution in [0.15, 0.2) is 30.5 Å². The Labute approximate surface area is 122 Å². The average molecular weight is 271 g/mol. The van der Waals surface area contributed by atoms with Crippen LogP contribution in [-0.4, -0.2) is 16.3 Å². The van der Waals surface area contributed by atoms with Gasteiger partial charge in [-0.1, -0.05) is 31.2 Å². The van der Waals surface area contributed by atoms with Crippen molar-refractivity contribution in [3.05, 3.63) is 41.7 Å². The second kappa shape index (κ2) is 6.71. The number of aromatic nitrogens is 2. The lowest BCUT2D eigenvalue weighted by atomic mass is 10.0. The first-order chi connectivity index (χ1) is 9.61. The molecular weight excluding hydrogens is 246 g/mol. The highest BCUT2D eigenvalue weighted by Gasteiger charge is 2.08. The van der Waals surface area contributed by atoms with Gasteiger partial charge in [0.25, 0.3) is 0 Å². The van der Waals surface area contributed by atoms with E-state index in [4.69, 9.17) is 0 Å². The maximum absolute atomic E-state index is 4.57. The Kier molecular flexibility index (Phi) is 4.96. The van der Waals surface area contributed by atoms with Crippen molar-refractivity contribution >= 4 is 0 Å². The number of hydrogen-bond acceptors (Lipinski definition) is 2. The Bertz CT molecular complexity index is 538. The van der Waals surface area contributed by atoms with Crippen molar-refractivity contribution in [1.82, 2.24) is 15.1 Å². The molecule has 1 aromatic heterocycles. The van der Waals surface area contributed by atoms with Crippen LogP contribution < -0.4 is 5.32 Å². The van der Waals surface area contributed by atoms with E-state index in [9.17, 15) is 0 Å². The highest BCUT2D eigenvalue weighted by molar-refractivity contribution is 5.65. The Morgan fingerprint density at radius 2 is 1.90 bits per heavy atom. The monoisotopic (exact) mass is 271 g/mol. The molecule has 2 rings (SSSR count). The number of nitrogens with one attached hydrogen (secondary N) is 1. The van der Waals surface area contributed by atoms with Gasteiger partial charge in [0, 0.05) is 24.3 Å². The first kappa shape index (κ1) is 14.8. The Morgan fingerprint density at radius 3 is 2.45 bits per heavy atom.